The van der Waals surface area contributed by atoms with E-state index in [0.29, 0.717) is 6.42 Å². The average Bonchev–Trinajstić information content (AvgIpc) is 2.76. The predicted molar refractivity (Wildman–Crippen MR) is 110 cm³/mol. The van der Waals surface area contributed by atoms with E-state index in [1.165, 1.54) is 4.90 Å². The number of nitrogens with one attached hydrogen (secondary N) is 1. The number of ether oxygens (including phenoxy) is 2. The second kappa shape index (κ2) is 12.1. The first-order chi connectivity index (χ1) is 14.5. The Bertz CT molecular complexity index is 813. The Kier molecular flexibility index (Phi) is 9.18. The lowest BCUT2D eigenvalue weighted by atomic mass is 10.2. The zero-order valence-corrected chi connectivity index (χ0v) is 16.8. The maximum atomic E-state index is 12.4. The van der Waals surface area contributed by atoms with Gasteiger partial charge in [0.25, 0.3) is 0 Å². The Morgan fingerprint density at radius 1 is 0.933 bits per heavy atom. The third-order valence-corrected chi connectivity index (χ3v) is 4.16. The second-order valence-electron chi connectivity index (χ2n) is 6.58. The quantitative estimate of drug-likeness (QED) is 0.617. The minimum absolute atomic E-state index is 0.0107. The lowest BCUT2D eigenvalue weighted by Crippen LogP contribution is -2.50. The number of nitrogens with zero attached hydrogens (tertiary/aromatic N) is 1. The Balaban J connectivity index is 1.90. The first-order valence-electron chi connectivity index (χ1n) is 9.65. The lowest BCUT2D eigenvalue weighted by Gasteiger charge is -2.25. The van der Waals surface area contributed by atoms with Crippen molar-refractivity contribution >= 4 is 18.2 Å². The monoisotopic (exact) mass is 414 g/mol. The molecule has 0 aliphatic rings. The molecular formula is C22H26N2O6. The minimum atomic E-state index is -1.33. The number of carbonyl (C=O) groups excluding carboxylic acids is 2. The normalized spacial score (nSPS) is 11.2. The first kappa shape index (κ1) is 22.7. The predicted octanol–water partition coefficient (Wildman–Crippen LogP) is 3.41. The van der Waals surface area contributed by atoms with E-state index < -0.39 is 24.2 Å². The first-order valence-corrected chi connectivity index (χ1v) is 9.65. The molecule has 0 aliphatic carbocycles. The molecule has 0 spiro atoms. The molecule has 0 saturated heterocycles. The summed E-state index contributed by atoms with van der Waals surface area (Å²) in [5.74, 6) is -1.27. The van der Waals surface area contributed by atoms with Gasteiger partial charge in [-0.05, 0) is 17.5 Å². The summed E-state index contributed by atoms with van der Waals surface area (Å²) in [5, 5.41) is 11.8. The number of hydrogen-bond acceptors (Lipinski definition) is 5. The summed E-state index contributed by atoms with van der Waals surface area (Å²) in [4.78, 5) is 37.3. The van der Waals surface area contributed by atoms with E-state index in [2.05, 4.69) is 5.32 Å². The lowest BCUT2D eigenvalue weighted by molar-refractivity contribution is -0.139. The van der Waals surface area contributed by atoms with Crippen LogP contribution in [0.25, 0.3) is 0 Å². The third-order valence-electron chi connectivity index (χ3n) is 4.16. The number of carboxylic acid groups (broad SMARTS) is 1. The molecule has 30 heavy (non-hydrogen) atoms. The van der Waals surface area contributed by atoms with E-state index in [9.17, 15) is 19.5 Å². The second-order valence-corrected chi connectivity index (χ2v) is 6.58. The SMILES string of the molecule is CCCN(C[C@@H](NC(=O)OCc1ccccc1)C(=O)O)C(=O)OCc1ccccc1. The number of aliphatic carboxylic acids is 1. The van der Waals surface area contributed by atoms with Crippen LogP contribution in [-0.4, -0.2) is 47.3 Å². The summed E-state index contributed by atoms with van der Waals surface area (Å²) in [6.07, 6.45) is -0.919. The van der Waals surface area contributed by atoms with E-state index >= 15 is 0 Å². The summed E-state index contributed by atoms with van der Waals surface area (Å²) in [6.45, 7) is 1.99. The van der Waals surface area contributed by atoms with Gasteiger partial charge in [-0.25, -0.2) is 14.4 Å². The number of carboxylic acids is 1. The molecule has 0 radical (unpaired) electrons. The van der Waals surface area contributed by atoms with Gasteiger partial charge in [-0.1, -0.05) is 67.6 Å². The summed E-state index contributed by atoms with van der Waals surface area (Å²) in [7, 11) is 0. The molecule has 1 atom stereocenters. The van der Waals surface area contributed by atoms with Crippen LogP contribution < -0.4 is 5.32 Å². The van der Waals surface area contributed by atoms with Crippen molar-refractivity contribution < 1.29 is 29.0 Å². The zero-order chi connectivity index (χ0) is 21.8. The molecule has 8 nitrogen and oxygen atoms in total. The van der Waals surface area contributed by atoms with Crippen molar-refractivity contribution in [2.45, 2.75) is 32.6 Å². The number of benzene rings is 2. The van der Waals surface area contributed by atoms with Crippen molar-refractivity contribution in [3.05, 3.63) is 71.8 Å². The number of alkyl carbamates (subject to hydrolysis) is 1. The highest BCUT2D eigenvalue weighted by molar-refractivity contribution is 5.81. The smallest absolute Gasteiger partial charge is 0.410 e. The number of hydrogen-bond donors (Lipinski definition) is 2. The van der Waals surface area contributed by atoms with Crippen LogP contribution in [0.4, 0.5) is 9.59 Å². The van der Waals surface area contributed by atoms with Crippen LogP contribution in [-0.2, 0) is 27.5 Å². The van der Waals surface area contributed by atoms with E-state index in [0.717, 1.165) is 11.1 Å². The standard InChI is InChI=1S/C22H26N2O6/c1-2-13-24(22(28)30-16-18-11-7-4-8-12-18)14-19(20(25)26)23-21(27)29-15-17-9-5-3-6-10-17/h3-12,19H,2,13-16H2,1H3,(H,23,27)(H,25,26)/t19-/m1/s1. The highest BCUT2D eigenvalue weighted by Gasteiger charge is 2.26. The summed E-state index contributed by atoms with van der Waals surface area (Å²) >= 11 is 0. The van der Waals surface area contributed by atoms with Gasteiger partial charge in [-0.3, -0.25) is 0 Å². The van der Waals surface area contributed by atoms with E-state index in [1.807, 2.05) is 43.3 Å². The number of rotatable bonds is 10. The van der Waals surface area contributed by atoms with Gasteiger partial charge in [0, 0.05) is 6.54 Å². The molecule has 2 aromatic rings. The highest BCUT2D eigenvalue weighted by atomic mass is 16.6. The highest BCUT2D eigenvalue weighted by Crippen LogP contribution is 2.06. The van der Waals surface area contributed by atoms with Gasteiger partial charge in [0.15, 0.2) is 0 Å². The van der Waals surface area contributed by atoms with Crippen molar-refractivity contribution in [2.24, 2.45) is 0 Å². The number of amides is 2. The van der Waals surface area contributed by atoms with E-state index in [-0.39, 0.29) is 26.3 Å². The van der Waals surface area contributed by atoms with Crippen LogP contribution in [0.3, 0.4) is 0 Å². The molecular weight excluding hydrogens is 388 g/mol. The molecule has 0 heterocycles. The molecule has 2 N–H and O–H groups in total. The molecule has 0 aromatic heterocycles. The Labute approximate surface area is 175 Å². The van der Waals surface area contributed by atoms with Gasteiger partial charge in [-0.15, -0.1) is 0 Å². The molecule has 2 amide bonds. The Morgan fingerprint density at radius 2 is 1.47 bits per heavy atom. The van der Waals surface area contributed by atoms with E-state index in [1.54, 1.807) is 24.3 Å². The zero-order valence-electron chi connectivity index (χ0n) is 16.8. The fourth-order valence-electron chi connectivity index (χ4n) is 2.65. The molecule has 8 heteroatoms. The van der Waals surface area contributed by atoms with Crippen LogP contribution in [0.5, 0.6) is 0 Å². The van der Waals surface area contributed by atoms with Crippen molar-refractivity contribution in [1.82, 2.24) is 10.2 Å². The summed E-state index contributed by atoms with van der Waals surface area (Å²) < 4.78 is 10.4. The van der Waals surface area contributed by atoms with E-state index in [4.69, 9.17) is 9.47 Å². The maximum absolute atomic E-state index is 12.4. The van der Waals surface area contributed by atoms with Gasteiger partial charge < -0.3 is 24.8 Å². The number of carbonyl (C=O) groups is 3. The van der Waals surface area contributed by atoms with Crippen molar-refractivity contribution in [1.29, 1.82) is 0 Å². The fraction of sp³-hybridized carbons (Fsp3) is 0.318. The van der Waals surface area contributed by atoms with Crippen LogP contribution in [0.15, 0.2) is 60.7 Å². The Hall–Kier alpha value is -3.55. The maximum Gasteiger partial charge on any atom is 0.410 e. The molecule has 0 bridgehead atoms. The average molecular weight is 414 g/mol. The van der Waals surface area contributed by atoms with Crippen LogP contribution in [0.2, 0.25) is 0 Å². The van der Waals surface area contributed by atoms with Gasteiger partial charge >= 0.3 is 18.2 Å². The van der Waals surface area contributed by atoms with Gasteiger partial charge in [-0.2, -0.15) is 0 Å². The molecule has 2 rings (SSSR count). The topological polar surface area (TPSA) is 105 Å². The molecule has 0 aliphatic heterocycles. The fourth-order valence-corrected chi connectivity index (χ4v) is 2.65. The molecule has 0 unspecified atom stereocenters. The van der Waals surface area contributed by atoms with Gasteiger partial charge in [0.05, 0.1) is 6.54 Å². The van der Waals surface area contributed by atoms with Crippen molar-refractivity contribution in [2.75, 3.05) is 13.1 Å². The van der Waals surface area contributed by atoms with Crippen LogP contribution in [0.1, 0.15) is 24.5 Å². The Morgan fingerprint density at radius 3 is 1.97 bits per heavy atom. The van der Waals surface area contributed by atoms with Crippen molar-refractivity contribution in [3.63, 3.8) is 0 Å². The van der Waals surface area contributed by atoms with Crippen LogP contribution >= 0.6 is 0 Å². The van der Waals surface area contributed by atoms with Crippen molar-refractivity contribution in [3.8, 4) is 0 Å². The van der Waals surface area contributed by atoms with Crippen LogP contribution in [0, 0.1) is 0 Å². The summed E-state index contributed by atoms with van der Waals surface area (Å²) in [6, 6.07) is 16.9. The molecule has 2 aromatic carbocycles. The third kappa shape index (κ3) is 7.83. The minimum Gasteiger partial charge on any atom is -0.480 e. The van der Waals surface area contributed by atoms with Gasteiger partial charge in [0.2, 0.25) is 0 Å². The largest absolute Gasteiger partial charge is 0.480 e. The molecule has 0 fully saturated rings. The molecule has 0 saturated carbocycles. The van der Waals surface area contributed by atoms with Gasteiger partial charge in [0.1, 0.15) is 19.3 Å². The molecule has 160 valence electrons. The summed E-state index contributed by atoms with van der Waals surface area (Å²) in [5.41, 5.74) is 1.59.